The molecule has 0 unspecified atom stereocenters. The third kappa shape index (κ3) is 8.19. The third-order valence-electron chi connectivity index (χ3n) is 4.88. The Balaban J connectivity index is 1.65. The van der Waals surface area contributed by atoms with Crippen LogP contribution >= 0.6 is 0 Å². The zero-order valence-electron chi connectivity index (χ0n) is 16.6. The molecule has 1 fully saturated rings. The van der Waals surface area contributed by atoms with Crippen molar-refractivity contribution in [3.8, 4) is 0 Å². The van der Waals surface area contributed by atoms with E-state index in [0.29, 0.717) is 0 Å². The normalized spacial score (nSPS) is 15.8. The Morgan fingerprint density at radius 2 is 1.73 bits per heavy atom. The first-order valence-corrected chi connectivity index (χ1v) is 10.1. The topological polar surface area (TPSA) is 48.9 Å². The van der Waals surface area contributed by atoms with Gasteiger partial charge in [0.2, 0.25) is 0 Å². The van der Waals surface area contributed by atoms with Crippen LogP contribution in [0.4, 0.5) is 0 Å². The molecular formula is C21H36N4O. The number of rotatable bonds is 10. The summed E-state index contributed by atoms with van der Waals surface area (Å²) in [4.78, 5) is 6.86. The summed E-state index contributed by atoms with van der Waals surface area (Å²) in [5.41, 5.74) is 2.70. The maximum Gasteiger partial charge on any atom is 0.191 e. The monoisotopic (exact) mass is 360 g/mol. The number of ether oxygens (including phenoxy) is 1. The second-order valence-electron chi connectivity index (χ2n) is 7.06. The quantitative estimate of drug-likeness (QED) is 0.382. The summed E-state index contributed by atoms with van der Waals surface area (Å²) in [6, 6.07) is 8.98. The Morgan fingerprint density at radius 1 is 1.00 bits per heavy atom. The van der Waals surface area contributed by atoms with Gasteiger partial charge < -0.3 is 15.4 Å². The molecule has 1 aromatic carbocycles. The molecular weight excluding hydrogens is 324 g/mol. The second-order valence-corrected chi connectivity index (χ2v) is 7.06. The van der Waals surface area contributed by atoms with Crippen LogP contribution in [-0.2, 0) is 17.8 Å². The molecule has 1 aromatic rings. The average molecular weight is 361 g/mol. The maximum absolute atomic E-state index is 5.07. The molecule has 5 nitrogen and oxygen atoms in total. The minimum absolute atomic E-state index is 0.799. The van der Waals surface area contributed by atoms with E-state index >= 15 is 0 Å². The fourth-order valence-corrected chi connectivity index (χ4v) is 3.30. The lowest BCUT2D eigenvalue weighted by Gasteiger charge is -2.26. The molecule has 2 N–H and O–H groups in total. The van der Waals surface area contributed by atoms with Crippen LogP contribution in [0.2, 0.25) is 0 Å². The Morgan fingerprint density at radius 3 is 2.42 bits per heavy atom. The van der Waals surface area contributed by atoms with E-state index in [1.54, 1.807) is 7.11 Å². The van der Waals surface area contributed by atoms with Crippen molar-refractivity contribution in [2.45, 2.75) is 51.6 Å². The highest BCUT2D eigenvalue weighted by atomic mass is 16.5. The fourth-order valence-electron chi connectivity index (χ4n) is 3.30. The van der Waals surface area contributed by atoms with E-state index in [0.717, 1.165) is 45.0 Å². The van der Waals surface area contributed by atoms with Gasteiger partial charge in [-0.2, -0.15) is 0 Å². The molecule has 146 valence electrons. The number of hydrogen-bond acceptors (Lipinski definition) is 3. The van der Waals surface area contributed by atoms with E-state index in [1.165, 1.54) is 49.9 Å². The van der Waals surface area contributed by atoms with Gasteiger partial charge in [-0.05, 0) is 56.3 Å². The van der Waals surface area contributed by atoms with Crippen molar-refractivity contribution in [1.82, 2.24) is 15.5 Å². The standard InChI is InChI=1S/C21H36N4O/c1-22-21(23-13-5-3-8-16-26-2)24-17-19-9-11-20(12-10-19)18-25-14-6-4-7-15-25/h9-12H,3-8,13-18H2,1-2H3,(H2,22,23,24). The van der Waals surface area contributed by atoms with E-state index in [-0.39, 0.29) is 0 Å². The van der Waals surface area contributed by atoms with Crippen LogP contribution in [0, 0.1) is 0 Å². The number of nitrogens with zero attached hydrogens (tertiary/aromatic N) is 2. The van der Waals surface area contributed by atoms with Gasteiger partial charge in [-0.1, -0.05) is 30.7 Å². The Bertz CT molecular complexity index is 509. The molecule has 0 bridgehead atoms. The number of hydrogen-bond donors (Lipinski definition) is 2. The first-order valence-electron chi connectivity index (χ1n) is 10.1. The lowest BCUT2D eigenvalue weighted by Crippen LogP contribution is -2.37. The molecule has 1 heterocycles. The van der Waals surface area contributed by atoms with Crippen molar-refractivity contribution < 1.29 is 4.74 Å². The van der Waals surface area contributed by atoms with Crippen LogP contribution < -0.4 is 10.6 Å². The summed E-state index contributed by atoms with van der Waals surface area (Å²) in [5, 5.41) is 6.77. The van der Waals surface area contributed by atoms with Gasteiger partial charge in [-0.25, -0.2) is 0 Å². The highest BCUT2D eigenvalue weighted by Gasteiger charge is 2.10. The van der Waals surface area contributed by atoms with Crippen LogP contribution in [-0.4, -0.2) is 51.3 Å². The van der Waals surface area contributed by atoms with Crippen molar-refractivity contribution >= 4 is 5.96 Å². The van der Waals surface area contributed by atoms with Gasteiger partial charge in [0.15, 0.2) is 5.96 Å². The number of unbranched alkanes of at least 4 members (excludes halogenated alkanes) is 2. The van der Waals surface area contributed by atoms with E-state index < -0.39 is 0 Å². The van der Waals surface area contributed by atoms with Crippen molar-refractivity contribution in [2.75, 3.05) is 40.4 Å². The molecule has 0 atom stereocenters. The minimum atomic E-state index is 0.799. The summed E-state index contributed by atoms with van der Waals surface area (Å²) in [6.45, 7) is 6.17. The fraction of sp³-hybridized carbons (Fsp3) is 0.667. The molecule has 0 radical (unpaired) electrons. The van der Waals surface area contributed by atoms with Crippen molar-refractivity contribution in [3.63, 3.8) is 0 Å². The van der Waals surface area contributed by atoms with E-state index in [2.05, 4.69) is 44.8 Å². The van der Waals surface area contributed by atoms with Gasteiger partial charge in [0, 0.05) is 40.4 Å². The molecule has 0 amide bonds. The summed E-state index contributed by atoms with van der Waals surface area (Å²) in [6.07, 6.45) is 7.52. The summed E-state index contributed by atoms with van der Waals surface area (Å²) < 4.78 is 5.07. The van der Waals surface area contributed by atoms with Crippen LogP contribution in [0.5, 0.6) is 0 Å². The number of nitrogens with one attached hydrogen (secondary N) is 2. The number of likely N-dealkylation sites (tertiary alicyclic amines) is 1. The number of aliphatic imine (C=N–C) groups is 1. The Hall–Kier alpha value is -1.59. The maximum atomic E-state index is 5.07. The smallest absolute Gasteiger partial charge is 0.191 e. The number of guanidine groups is 1. The molecule has 0 aromatic heterocycles. The molecule has 1 aliphatic heterocycles. The van der Waals surface area contributed by atoms with Gasteiger partial charge in [-0.15, -0.1) is 0 Å². The number of benzene rings is 1. The first-order chi connectivity index (χ1) is 12.8. The van der Waals surface area contributed by atoms with Crippen molar-refractivity contribution in [3.05, 3.63) is 35.4 Å². The van der Waals surface area contributed by atoms with E-state index in [9.17, 15) is 0 Å². The summed E-state index contributed by atoms with van der Waals surface area (Å²) in [7, 11) is 3.58. The highest BCUT2D eigenvalue weighted by Crippen LogP contribution is 2.13. The zero-order valence-corrected chi connectivity index (χ0v) is 16.6. The van der Waals surface area contributed by atoms with E-state index in [1.807, 2.05) is 7.05 Å². The Kier molecular flexibility index (Phi) is 10.1. The Labute approximate surface area is 159 Å². The molecule has 1 saturated heterocycles. The summed E-state index contributed by atoms with van der Waals surface area (Å²) in [5.74, 6) is 0.870. The van der Waals surface area contributed by atoms with Crippen LogP contribution in [0.3, 0.4) is 0 Å². The van der Waals surface area contributed by atoms with Crippen LogP contribution in [0.15, 0.2) is 29.3 Å². The first kappa shape index (κ1) is 20.7. The molecule has 0 saturated carbocycles. The van der Waals surface area contributed by atoms with Gasteiger partial charge in [0.25, 0.3) is 0 Å². The van der Waals surface area contributed by atoms with Crippen LogP contribution in [0.1, 0.15) is 49.7 Å². The predicted octanol–water partition coefficient (Wildman–Crippen LogP) is 3.15. The molecule has 5 heteroatoms. The second kappa shape index (κ2) is 12.7. The van der Waals surface area contributed by atoms with Gasteiger partial charge in [0.05, 0.1) is 0 Å². The SMILES string of the molecule is CN=C(NCCCCCOC)NCc1ccc(CN2CCCCC2)cc1. The molecule has 0 spiro atoms. The average Bonchev–Trinajstić information content (AvgIpc) is 2.69. The number of methoxy groups -OCH3 is 1. The highest BCUT2D eigenvalue weighted by molar-refractivity contribution is 5.79. The summed E-state index contributed by atoms with van der Waals surface area (Å²) >= 11 is 0. The van der Waals surface area contributed by atoms with E-state index in [4.69, 9.17) is 4.74 Å². The van der Waals surface area contributed by atoms with Gasteiger partial charge in [0.1, 0.15) is 0 Å². The molecule has 26 heavy (non-hydrogen) atoms. The van der Waals surface area contributed by atoms with Gasteiger partial charge in [-0.3, -0.25) is 9.89 Å². The largest absolute Gasteiger partial charge is 0.385 e. The lowest BCUT2D eigenvalue weighted by molar-refractivity contribution is 0.192. The third-order valence-corrected chi connectivity index (χ3v) is 4.88. The zero-order chi connectivity index (χ0) is 18.5. The van der Waals surface area contributed by atoms with Crippen molar-refractivity contribution in [2.24, 2.45) is 4.99 Å². The molecule has 2 rings (SSSR count). The van der Waals surface area contributed by atoms with Crippen molar-refractivity contribution in [1.29, 1.82) is 0 Å². The predicted molar refractivity (Wildman–Crippen MR) is 109 cm³/mol. The van der Waals surface area contributed by atoms with Crippen LogP contribution in [0.25, 0.3) is 0 Å². The lowest BCUT2D eigenvalue weighted by atomic mass is 10.1. The molecule has 1 aliphatic rings. The molecule has 0 aliphatic carbocycles. The van der Waals surface area contributed by atoms with Gasteiger partial charge >= 0.3 is 0 Å². The number of piperidine rings is 1. The minimum Gasteiger partial charge on any atom is -0.385 e.